The SMILES string of the molecule is CCNC(=O)CN(CC)C(=O)CCOc1ccccc1. The maximum absolute atomic E-state index is 12.0. The monoisotopic (exact) mass is 278 g/mol. The van der Waals surface area contributed by atoms with Gasteiger partial charge in [-0.1, -0.05) is 18.2 Å². The van der Waals surface area contributed by atoms with Crippen molar-refractivity contribution in [1.29, 1.82) is 0 Å². The number of para-hydroxylation sites is 1. The van der Waals surface area contributed by atoms with E-state index in [9.17, 15) is 9.59 Å². The summed E-state index contributed by atoms with van der Waals surface area (Å²) in [5.41, 5.74) is 0. The summed E-state index contributed by atoms with van der Waals surface area (Å²) in [6.45, 7) is 5.21. The molecule has 5 heteroatoms. The van der Waals surface area contributed by atoms with E-state index in [0.717, 1.165) is 5.75 Å². The van der Waals surface area contributed by atoms with Gasteiger partial charge in [-0.25, -0.2) is 0 Å². The third-order valence-corrected chi connectivity index (χ3v) is 2.77. The highest BCUT2D eigenvalue weighted by atomic mass is 16.5. The number of carbonyl (C=O) groups excluding carboxylic acids is 2. The molecule has 0 spiro atoms. The summed E-state index contributed by atoms with van der Waals surface area (Å²) >= 11 is 0. The van der Waals surface area contributed by atoms with Gasteiger partial charge < -0.3 is 15.0 Å². The molecule has 110 valence electrons. The summed E-state index contributed by atoms with van der Waals surface area (Å²) < 4.78 is 5.48. The first kappa shape index (κ1) is 16.0. The van der Waals surface area contributed by atoms with Crippen molar-refractivity contribution in [2.24, 2.45) is 0 Å². The second kappa shape index (κ2) is 8.96. The lowest BCUT2D eigenvalue weighted by atomic mass is 10.3. The summed E-state index contributed by atoms with van der Waals surface area (Å²) in [5.74, 6) is 0.536. The van der Waals surface area contributed by atoms with Crippen molar-refractivity contribution in [2.45, 2.75) is 20.3 Å². The van der Waals surface area contributed by atoms with Crippen LogP contribution in [0.2, 0.25) is 0 Å². The second-order valence-electron chi connectivity index (χ2n) is 4.27. The molecule has 0 fully saturated rings. The molecule has 0 bridgehead atoms. The highest BCUT2D eigenvalue weighted by molar-refractivity contribution is 5.84. The molecular weight excluding hydrogens is 256 g/mol. The highest BCUT2D eigenvalue weighted by Crippen LogP contribution is 2.08. The number of rotatable bonds is 8. The van der Waals surface area contributed by atoms with Gasteiger partial charge in [0.05, 0.1) is 19.6 Å². The van der Waals surface area contributed by atoms with Crippen LogP contribution in [0.15, 0.2) is 30.3 Å². The summed E-state index contributed by atoms with van der Waals surface area (Å²) in [6, 6.07) is 9.35. The largest absolute Gasteiger partial charge is 0.493 e. The molecular formula is C15H22N2O3. The molecule has 2 amide bonds. The molecule has 0 aliphatic heterocycles. The van der Waals surface area contributed by atoms with Crippen LogP contribution >= 0.6 is 0 Å². The molecule has 0 aromatic heterocycles. The number of amides is 2. The van der Waals surface area contributed by atoms with Crippen LogP contribution in [0.3, 0.4) is 0 Å². The lowest BCUT2D eigenvalue weighted by Gasteiger charge is -2.20. The standard InChI is InChI=1S/C15H22N2O3/c1-3-16-14(18)12-17(4-2)15(19)10-11-20-13-8-6-5-7-9-13/h5-9H,3-4,10-12H2,1-2H3,(H,16,18). The minimum Gasteiger partial charge on any atom is -0.493 e. The molecule has 0 aliphatic rings. The van der Waals surface area contributed by atoms with Crippen LogP contribution < -0.4 is 10.1 Å². The molecule has 1 aromatic rings. The molecule has 5 nitrogen and oxygen atoms in total. The number of hydrogen-bond acceptors (Lipinski definition) is 3. The number of nitrogens with zero attached hydrogens (tertiary/aromatic N) is 1. The van der Waals surface area contributed by atoms with Crippen molar-refractivity contribution in [3.63, 3.8) is 0 Å². The van der Waals surface area contributed by atoms with Crippen LogP contribution in [0.5, 0.6) is 5.75 Å². The number of hydrogen-bond donors (Lipinski definition) is 1. The second-order valence-corrected chi connectivity index (χ2v) is 4.27. The lowest BCUT2D eigenvalue weighted by molar-refractivity contribution is -0.136. The molecule has 0 aliphatic carbocycles. The molecule has 0 saturated carbocycles. The zero-order chi connectivity index (χ0) is 14.8. The molecule has 20 heavy (non-hydrogen) atoms. The highest BCUT2D eigenvalue weighted by Gasteiger charge is 2.14. The Hall–Kier alpha value is -2.04. The van der Waals surface area contributed by atoms with E-state index in [1.807, 2.05) is 44.2 Å². The fourth-order valence-electron chi connectivity index (χ4n) is 1.73. The van der Waals surface area contributed by atoms with Crippen LogP contribution in [0.1, 0.15) is 20.3 Å². The number of ether oxygens (including phenoxy) is 1. The topological polar surface area (TPSA) is 58.6 Å². The van der Waals surface area contributed by atoms with Crippen molar-refractivity contribution < 1.29 is 14.3 Å². The number of likely N-dealkylation sites (N-methyl/N-ethyl adjacent to an activating group) is 2. The van der Waals surface area contributed by atoms with E-state index >= 15 is 0 Å². The van der Waals surface area contributed by atoms with Gasteiger partial charge in [-0.15, -0.1) is 0 Å². The Kier molecular flexibility index (Phi) is 7.17. The van der Waals surface area contributed by atoms with Gasteiger partial charge in [0.25, 0.3) is 0 Å². The lowest BCUT2D eigenvalue weighted by Crippen LogP contribution is -2.40. The van der Waals surface area contributed by atoms with Crippen LogP contribution in [-0.4, -0.2) is 43.0 Å². The maximum atomic E-state index is 12.0. The normalized spacial score (nSPS) is 9.90. The van der Waals surface area contributed by atoms with Crippen LogP contribution in [0.25, 0.3) is 0 Å². The Morgan fingerprint density at radius 3 is 2.50 bits per heavy atom. The fourth-order valence-corrected chi connectivity index (χ4v) is 1.73. The van der Waals surface area contributed by atoms with Crippen molar-refractivity contribution in [1.82, 2.24) is 10.2 Å². The fraction of sp³-hybridized carbons (Fsp3) is 0.467. The van der Waals surface area contributed by atoms with Crippen molar-refractivity contribution in [2.75, 3.05) is 26.2 Å². The Labute approximate surface area is 119 Å². The van der Waals surface area contributed by atoms with E-state index in [0.29, 0.717) is 19.7 Å². The number of carbonyl (C=O) groups is 2. The Morgan fingerprint density at radius 1 is 1.20 bits per heavy atom. The van der Waals surface area contributed by atoms with E-state index in [2.05, 4.69) is 5.32 Å². The Morgan fingerprint density at radius 2 is 1.90 bits per heavy atom. The molecule has 1 rings (SSSR count). The third kappa shape index (κ3) is 5.73. The predicted octanol–water partition coefficient (Wildman–Crippen LogP) is 1.44. The molecule has 1 aromatic carbocycles. The van der Waals surface area contributed by atoms with Crippen LogP contribution in [0, 0.1) is 0 Å². The van der Waals surface area contributed by atoms with Crippen LogP contribution in [0.4, 0.5) is 0 Å². The van der Waals surface area contributed by atoms with E-state index in [1.54, 1.807) is 0 Å². The van der Waals surface area contributed by atoms with Gasteiger partial charge in [0.15, 0.2) is 0 Å². The molecule has 0 unspecified atom stereocenters. The Balaban J connectivity index is 2.34. The van der Waals surface area contributed by atoms with Gasteiger partial charge in [0.2, 0.25) is 11.8 Å². The number of nitrogens with one attached hydrogen (secondary N) is 1. The molecule has 0 heterocycles. The first-order valence-corrected chi connectivity index (χ1v) is 6.89. The molecule has 0 saturated heterocycles. The van der Waals surface area contributed by atoms with E-state index in [-0.39, 0.29) is 24.8 Å². The summed E-state index contributed by atoms with van der Waals surface area (Å²) in [7, 11) is 0. The minimum absolute atomic E-state index is 0.0744. The Bertz CT molecular complexity index is 420. The van der Waals surface area contributed by atoms with E-state index in [1.165, 1.54) is 4.90 Å². The van der Waals surface area contributed by atoms with Crippen molar-refractivity contribution >= 4 is 11.8 Å². The zero-order valence-corrected chi connectivity index (χ0v) is 12.1. The third-order valence-electron chi connectivity index (χ3n) is 2.77. The average Bonchev–Trinajstić information content (AvgIpc) is 2.46. The predicted molar refractivity (Wildman–Crippen MR) is 77.5 cm³/mol. The molecule has 0 atom stereocenters. The first-order chi connectivity index (χ1) is 9.67. The van der Waals surface area contributed by atoms with Crippen molar-refractivity contribution in [3.8, 4) is 5.75 Å². The van der Waals surface area contributed by atoms with Crippen molar-refractivity contribution in [3.05, 3.63) is 30.3 Å². The van der Waals surface area contributed by atoms with E-state index in [4.69, 9.17) is 4.74 Å². The van der Waals surface area contributed by atoms with Gasteiger partial charge >= 0.3 is 0 Å². The smallest absolute Gasteiger partial charge is 0.239 e. The van der Waals surface area contributed by atoms with Gasteiger partial charge in [-0.05, 0) is 26.0 Å². The molecule has 0 radical (unpaired) electrons. The van der Waals surface area contributed by atoms with Gasteiger partial charge in [-0.3, -0.25) is 9.59 Å². The first-order valence-electron chi connectivity index (χ1n) is 6.89. The van der Waals surface area contributed by atoms with Crippen LogP contribution in [-0.2, 0) is 9.59 Å². The van der Waals surface area contributed by atoms with Gasteiger partial charge in [0, 0.05) is 13.1 Å². The quantitative estimate of drug-likeness (QED) is 0.783. The number of benzene rings is 1. The summed E-state index contributed by atoms with van der Waals surface area (Å²) in [5, 5.41) is 2.68. The van der Waals surface area contributed by atoms with Gasteiger partial charge in [0.1, 0.15) is 5.75 Å². The minimum atomic E-state index is -0.133. The van der Waals surface area contributed by atoms with E-state index < -0.39 is 0 Å². The van der Waals surface area contributed by atoms with Gasteiger partial charge in [-0.2, -0.15) is 0 Å². The average molecular weight is 278 g/mol. The maximum Gasteiger partial charge on any atom is 0.239 e. The zero-order valence-electron chi connectivity index (χ0n) is 12.1. The summed E-state index contributed by atoms with van der Waals surface area (Å²) in [6.07, 6.45) is 0.266. The molecule has 1 N–H and O–H groups in total. The summed E-state index contributed by atoms with van der Waals surface area (Å²) in [4.78, 5) is 25.0.